The second-order valence-corrected chi connectivity index (χ2v) is 8.33. The van der Waals surface area contributed by atoms with Crippen molar-refractivity contribution in [3.8, 4) is 11.1 Å². The maximum Gasteiger partial charge on any atom is 0.254 e. The van der Waals surface area contributed by atoms with Crippen molar-refractivity contribution in [2.45, 2.75) is 18.9 Å². The van der Waals surface area contributed by atoms with Gasteiger partial charge in [-0.3, -0.25) is 4.79 Å². The van der Waals surface area contributed by atoms with Crippen molar-refractivity contribution >= 4 is 32.9 Å². The molecule has 0 radical (unpaired) electrons. The van der Waals surface area contributed by atoms with Crippen LogP contribution in [-0.2, 0) is 0 Å². The number of nitrogens with zero attached hydrogens (tertiary/aromatic N) is 2. The van der Waals surface area contributed by atoms with E-state index in [1.165, 1.54) is 12.1 Å². The highest BCUT2D eigenvalue weighted by Gasteiger charge is 2.34. The zero-order valence-electron chi connectivity index (χ0n) is 16.0. The Bertz CT molecular complexity index is 1250. The molecule has 0 bridgehead atoms. The number of aromatic nitrogens is 1. The van der Waals surface area contributed by atoms with Crippen molar-refractivity contribution in [1.29, 1.82) is 0 Å². The fourth-order valence-corrected chi connectivity index (χ4v) is 4.39. The number of carbonyl (C=O) groups excluding carboxylic acids is 1. The van der Waals surface area contributed by atoms with E-state index in [9.17, 15) is 9.18 Å². The number of halogens is 2. The minimum Gasteiger partial charge on any atom is -0.438 e. The van der Waals surface area contributed by atoms with Crippen molar-refractivity contribution in [3.05, 3.63) is 88.5 Å². The first-order valence-electron chi connectivity index (χ1n) is 9.81. The molecule has 1 atom stereocenters. The molecule has 0 aliphatic carbocycles. The van der Waals surface area contributed by atoms with E-state index >= 15 is 0 Å². The van der Waals surface area contributed by atoms with Gasteiger partial charge in [-0.15, -0.1) is 0 Å². The summed E-state index contributed by atoms with van der Waals surface area (Å²) in [6.45, 7) is 0.670. The lowest BCUT2D eigenvalue weighted by atomic mass is 10.1. The Balaban J connectivity index is 1.47. The molecule has 1 aromatic heterocycles. The zero-order valence-corrected chi connectivity index (χ0v) is 17.6. The van der Waals surface area contributed by atoms with Gasteiger partial charge in [0.25, 0.3) is 5.91 Å². The van der Waals surface area contributed by atoms with Gasteiger partial charge in [-0.25, -0.2) is 9.37 Å². The van der Waals surface area contributed by atoms with Crippen LogP contribution in [0.1, 0.15) is 35.1 Å². The molecule has 1 aliphatic heterocycles. The second kappa shape index (κ2) is 7.69. The summed E-state index contributed by atoms with van der Waals surface area (Å²) in [7, 11) is 0. The first-order chi connectivity index (χ1) is 14.6. The summed E-state index contributed by atoms with van der Waals surface area (Å²) in [5, 5.41) is 0. The zero-order chi connectivity index (χ0) is 20.7. The van der Waals surface area contributed by atoms with Crippen LogP contribution in [0.15, 0.2) is 75.6 Å². The summed E-state index contributed by atoms with van der Waals surface area (Å²) in [4.78, 5) is 19.6. The molecule has 1 saturated heterocycles. The molecular formula is C24H18BrFN2O2. The Morgan fingerprint density at radius 1 is 1.07 bits per heavy atom. The third-order valence-corrected chi connectivity index (χ3v) is 5.93. The molecule has 0 N–H and O–H groups in total. The number of oxazole rings is 1. The van der Waals surface area contributed by atoms with Gasteiger partial charge in [0.15, 0.2) is 5.58 Å². The quantitative estimate of drug-likeness (QED) is 0.353. The Labute approximate surface area is 181 Å². The van der Waals surface area contributed by atoms with Crippen molar-refractivity contribution < 1.29 is 13.6 Å². The van der Waals surface area contributed by atoms with Crippen molar-refractivity contribution in [3.63, 3.8) is 0 Å². The van der Waals surface area contributed by atoms with E-state index in [1.54, 1.807) is 6.07 Å². The second-order valence-electron chi connectivity index (χ2n) is 7.41. The highest BCUT2D eigenvalue weighted by Crippen LogP contribution is 2.35. The number of likely N-dealkylation sites (tertiary alicyclic amines) is 1. The Kier molecular flexibility index (Phi) is 4.87. The highest BCUT2D eigenvalue weighted by atomic mass is 79.9. The molecule has 30 heavy (non-hydrogen) atoms. The number of hydrogen-bond donors (Lipinski definition) is 0. The topological polar surface area (TPSA) is 46.3 Å². The van der Waals surface area contributed by atoms with Crippen LogP contribution in [0.5, 0.6) is 0 Å². The van der Waals surface area contributed by atoms with Gasteiger partial charge >= 0.3 is 0 Å². The van der Waals surface area contributed by atoms with Crippen LogP contribution in [-0.4, -0.2) is 22.3 Å². The molecule has 1 fully saturated rings. The van der Waals surface area contributed by atoms with Crippen molar-refractivity contribution in [2.24, 2.45) is 0 Å². The number of benzene rings is 3. The molecular weight excluding hydrogens is 447 g/mol. The van der Waals surface area contributed by atoms with Gasteiger partial charge in [-0.05, 0) is 66.4 Å². The molecule has 4 aromatic rings. The average Bonchev–Trinajstić information content (AvgIpc) is 3.39. The third kappa shape index (κ3) is 3.52. The highest BCUT2D eigenvalue weighted by molar-refractivity contribution is 9.10. The summed E-state index contributed by atoms with van der Waals surface area (Å²) in [5.41, 5.74) is 3.66. The summed E-state index contributed by atoms with van der Waals surface area (Å²) >= 11 is 3.43. The van der Waals surface area contributed by atoms with Gasteiger partial charge in [-0.2, -0.15) is 0 Å². The van der Waals surface area contributed by atoms with E-state index in [4.69, 9.17) is 4.42 Å². The van der Waals surface area contributed by atoms with Crippen LogP contribution in [0.2, 0.25) is 0 Å². The van der Waals surface area contributed by atoms with Gasteiger partial charge < -0.3 is 9.32 Å². The van der Waals surface area contributed by atoms with E-state index in [0.29, 0.717) is 29.1 Å². The van der Waals surface area contributed by atoms with Crippen LogP contribution in [0.4, 0.5) is 4.39 Å². The maximum atomic E-state index is 13.6. The van der Waals surface area contributed by atoms with Crippen LogP contribution >= 0.6 is 15.9 Å². The number of carbonyl (C=O) groups is 1. The lowest BCUT2D eigenvalue weighted by molar-refractivity contribution is 0.0717. The smallest absolute Gasteiger partial charge is 0.254 e. The normalized spacial score (nSPS) is 16.3. The molecule has 1 aliphatic rings. The average molecular weight is 465 g/mol. The molecule has 6 heteroatoms. The maximum absolute atomic E-state index is 13.6. The van der Waals surface area contributed by atoms with Crippen LogP contribution in [0, 0.1) is 5.82 Å². The number of fused-ring (bicyclic) bond motifs is 1. The summed E-state index contributed by atoms with van der Waals surface area (Å²) in [6, 6.07) is 19.3. The largest absolute Gasteiger partial charge is 0.438 e. The number of hydrogen-bond acceptors (Lipinski definition) is 3. The van der Waals surface area contributed by atoms with Gasteiger partial charge in [0.1, 0.15) is 17.4 Å². The van der Waals surface area contributed by atoms with Crippen LogP contribution in [0.25, 0.3) is 22.2 Å². The molecule has 3 aromatic carbocycles. The summed E-state index contributed by atoms with van der Waals surface area (Å²) in [6.07, 6.45) is 1.71. The molecule has 0 saturated carbocycles. The van der Waals surface area contributed by atoms with Gasteiger partial charge in [-0.1, -0.05) is 40.2 Å². The van der Waals surface area contributed by atoms with Crippen molar-refractivity contribution in [1.82, 2.24) is 9.88 Å². The fraction of sp³-hybridized carbons (Fsp3) is 0.167. The van der Waals surface area contributed by atoms with E-state index in [0.717, 1.165) is 28.4 Å². The van der Waals surface area contributed by atoms with Crippen LogP contribution in [0.3, 0.4) is 0 Å². The van der Waals surface area contributed by atoms with E-state index in [2.05, 4.69) is 20.9 Å². The molecule has 0 spiro atoms. The van der Waals surface area contributed by atoms with E-state index in [1.807, 2.05) is 53.4 Å². The fourth-order valence-electron chi connectivity index (χ4n) is 3.99. The Hall–Kier alpha value is -2.99. The lowest BCUT2D eigenvalue weighted by Crippen LogP contribution is -2.30. The van der Waals surface area contributed by atoms with Gasteiger partial charge in [0.05, 0.1) is 0 Å². The van der Waals surface area contributed by atoms with E-state index in [-0.39, 0.29) is 17.8 Å². The van der Waals surface area contributed by atoms with Crippen molar-refractivity contribution in [2.75, 3.05) is 6.54 Å². The molecule has 4 nitrogen and oxygen atoms in total. The standard InChI is InChI=1S/C24H18BrFN2O2/c25-18-6-1-5-17(12-18)24(29)28-11-3-8-21(28)23-27-20-14-16(9-10-22(20)30-23)15-4-2-7-19(26)13-15/h1-2,4-7,9-10,12-14,21H,3,8,11H2. The number of rotatable bonds is 3. The summed E-state index contributed by atoms with van der Waals surface area (Å²) in [5.74, 6) is 0.241. The van der Waals surface area contributed by atoms with Crippen LogP contribution < -0.4 is 0 Å². The number of amides is 1. The first kappa shape index (κ1) is 19.0. The monoisotopic (exact) mass is 464 g/mol. The lowest BCUT2D eigenvalue weighted by Gasteiger charge is -2.22. The third-order valence-electron chi connectivity index (χ3n) is 5.43. The molecule has 2 heterocycles. The Morgan fingerprint density at radius 3 is 2.73 bits per heavy atom. The molecule has 150 valence electrons. The minimum absolute atomic E-state index is 0.0264. The molecule has 5 rings (SSSR count). The molecule has 1 amide bonds. The minimum atomic E-state index is -0.277. The summed E-state index contributed by atoms with van der Waals surface area (Å²) < 4.78 is 20.5. The molecule has 1 unspecified atom stereocenters. The predicted octanol–water partition coefficient (Wildman–Crippen LogP) is 6.37. The van der Waals surface area contributed by atoms with E-state index < -0.39 is 0 Å². The Morgan fingerprint density at radius 2 is 1.90 bits per heavy atom. The van der Waals surface area contributed by atoms with Gasteiger partial charge in [0.2, 0.25) is 5.89 Å². The first-order valence-corrected chi connectivity index (χ1v) is 10.6. The van der Waals surface area contributed by atoms with Gasteiger partial charge in [0, 0.05) is 16.6 Å². The predicted molar refractivity (Wildman–Crippen MR) is 117 cm³/mol. The SMILES string of the molecule is O=C(c1cccc(Br)c1)N1CCCC1c1nc2cc(-c3cccc(F)c3)ccc2o1.